The van der Waals surface area contributed by atoms with Gasteiger partial charge in [0.25, 0.3) is 0 Å². The molecule has 1 aliphatic heterocycles. The molecule has 1 aliphatic rings. The molecule has 3 N–H and O–H groups in total. The Balaban J connectivity index is 2.56. The van der Waals surface area contributed by atoms with Crippen molar-refractivity contribution in [3.05, 3.63) is 23.2 Å². The lowest BCUT2D eigenvalue weighted by Crippen LogP contribution is -2.13. The van der Waals surface area contributed by atoms with E-state index in [4.69, 9.17) is 5.11 Å². The van der Waals surface area contributed by atoms with E-state index in [0.717, 1.165) is 6.20 Å². The second kappa shape index (κ2) is 3.79. The van der Waals surface area contributed by atoms with Gasteiger partial charge in [-0.2, -0.15) is 18.3 Å². The molecule has 17 heavy (non-hydrogen) atoms. The number of carboxylic acid groups (broad SMARTS) is 1. The largest absolute Gasteiger partial charge is 0.478 e. The summed E-state index contributed by atoms with van der Waals surface area (Å²) < 4.78 is 37.8. The molecule has 0 spiro atoms. The van der Waals surface area contributed by atoms with Crippen LogP contribution in [-0.4, -0.2) is 27.8 Å². The molecule has 0 aliphatic carbocycles. The summed E-state index contributed by atoms with van der Waals surface area (Å²) in [6, 6.07) is 0. The van der Waals surface area contributed by atoms with E-state index in [1.807, 2.05) is 5.10 Å². The number of alkyl halides is 3. The van der Waals surface area contributed by atoms with E-state index in [1.165, 1.54) is 0 Å². The Hall–Kier alpha value is -1.99. The molecule has 2 heterocycles. The highest BCUT2D eigenvalue weighted by Crippen LogP contribution is 2.34. The molecule has 0 saturated carbocycles. The van der Waals surface area contributed by atoms with E-state index < -0.39 is 17.8 Å². The van der Waals surface area contributed by atoms with Gasteiger partial charge in [-0.3, -0.25) is 5.10 Å². The zero-order valence-electron chi connectivity index (χ0n) is 8.43. The van der Waals surface area contributed by atoms with Crippen LogP contribution < -0.4 is 5.32 Å². The van der Waals surface area contributed by atoms with Crippen LogP contribution in [0.4, 0.5) is 13.2 Å². The number of rotatable bonds is 1. The fourth-order valence-corrected chi connectivity index (χ4v) is 1.67. The van der Waals surface area contributed by atoms with Crippen molar-refractivity contribution in [1.29, 1.82) is 0 Å². The third-order valence-electron chi connectivity index (χ3n) is 2.40. The van der Waals surface area contributed by atoms with Crippen molar-refractivity contribution in [2.75, 3.05) is 6.54 Å². The summed E-state index contributed by atoms with van der Waals surface area (Å²) in [5, 5.41) is 16.8. The van der Waals surface area contributed by atoms with Gasteiger partial charge in [0.1, 0.15) is 17.0 Å². The second-order valence-corrected chi connectivity index (χ2v) is 3.49. The molecule has 0 amide bonds. The molecule has 0 atom stereocenters. The predicted octanol–water partition coefficient (Wildman–Crippen LogP) is 1.000. The first-order chi connectivity index (χ1) is 7.91. The minimum absolute atomic E-state index is 0.0634. The fraction of sp³-hybridized carbons (Fsp3) is 0.333. The van der Waals surface area contributed by atoms with E-state index in [9.17, 15) is 18.0 Å². The molecule has 0 fully saturated rings. The Bertz CT molecular complexity index is 490. The molecule has 1 aromatic heterocycles. The zero-order chi connectivity index (χ0) is 12.6. The van der Waals surface area contributed by atoms with E-state index in [2.05, 4.69) is 10.4 Å². The van der Waals surface area contributed by atoms with Gasteiger partial charge in [0.2, 0.25) is 0 Å². The minimum Gasteiger partial charge on any atom is -0.478 e. The monoisotopic (exact) mass is 247 g/mol. The SMILES string of the molecule is O=C(O)C1=CNCCc2c1n[nH]c2C(F)(F)F. The van der Waals surface area contributed by atoms with Crippen LogP contribution in [0.1, 0.15) is 17.0 Å². The first-order valence-electron chi connectivity index (χ1n) is 4.73. The van der Waals surface area contributed by atoms with Gasteiger partial charge >= 0.3 is 12.1 Å². The summed E-state index contributed by atoms with van der Waals surface area (Å²) in [5.41, 5.74) is -1.53. The number of fused-ring (bicyclic) bond motifs is 1. The first kappa shape index (κ1) is 11.5. The van der Waals surface area contributed by atoms with Crippen LogP contribution in [0.5, 0.6) is 0 Å². The summed E-state index contributed by atoms with van der Waals surface area (Å²) in [5.74, 6) is -1.32. The van der Waals surface area contributed by atoms with Crippen molar-refractivity contribution in [2.45, 2.75) is 12.6 Å². The Morgan fingerprint density at radius 2 is 2.18 bits per heavy atom. The van der Waals surface area contributed by atoms with Gasteiger partial charge < -0.3 is 10.4 Å². The lowest BCUT2D eigenvalue weighted by molar-refractivity contribution is -0.141. The maximum atomic E-state index is 12.6. The van der Waals surface area contributed by atoms with Crippen molar-refractivity contribution in [3.8, 4) is 0 Å². The maximum Gasteiger partial charge on any atom is 0.433 e. The molecule has 0 aromatic carbocycles. The number of aliphatic carboxylic acids is 1. The predicted molar refractivity (Wildman–Crippen MR) is 50.9 cm³/mol. The molecule has 0 bridgehead atoms. The average molecular weight is 247 g/mol. The van der Waals surface area contributed by atoms with Gasteiger partial charge in [-0.25, -0.2) is 4.79 Å². The van der Waals surface area contributed by atoms with Crippen molar-refractivity contribution in [1.82, 2.24) is 15.5 Å². The lowest BCUT2D eigenvalue weighted by Gasteiger charge is -2.06. The molecule has 0 unspecified atom stereocenters. The Labute approximate surface area is 93.3 Å². The topological polar surface area (TPSA) is 78.0 Å². The smallest absolute Gasteiger partial charge is 0.433 e. The number of hydrogen-bond acceptors (Lipinski definition) is 3. The van der Waals surface area contributed by atoms with Crippen LogP contribution in [0.25, 0.3) is 5.57 Å². The van der Waals surface area contributed by atoms with Crippen molar-refractivity contribution in [3.63, 3.8) is 0 Å². The summed E-state index contributed by atoms with van der Waals surface area (Å²) in [4.78, 5) is 10.9. The van der Waals surface area contributed by atoms with Gasteiger partial charge in [-0.15, -0.1) is 0 Å². The van der Waals surface area contributed by atoms with Crippen LogP contribution in [0.3, 0.4) is 0 Å². The number of carboxylic acids is 1. The van der Waals surface area contributed by atoms with E-state index in [0.29, 0.717) is 0 Å². The summed E-state index contributed by atoms with van der Waals surface area (Å²) in [6.45, 7) is 0.229. The molecule has 8 heteroatoms. The molecular formula is C9H8F3N3O2. The zero-order valence-corrected chi connectivity index (χ0v) is 8.43. The Kier molecular flexibility index (Phi) is 2.56. The van der Waals surface area contributed by atoms with Crippen LogP contribution >= 0.6 is 0 Å². The standard InChI is InChI=1S/C9H8F3N3O2/c10-9(11,12)7-4-1-2-13-3-5(8(16)17)6(4)14-15-7/h3,13H,1-2H2,(H,14,15)(H,16,17). The number of aromatic nitrogens is 2. The van der Waals surface area contributed by atoms with Crippen LogP contribution in [-0.2, 0) is 17.4 Å². The van der Waals surface area contributed by atoms with Gasteiger partial charge in [0, 0.05) is 18.3 Å². The molecule has 5 nitrogen and oxygen atoms in total. The average Bonchev–Trinajstić information content (AvgIpc) is 2.51. The Morgan fingerprint density at radius 1 is 1.47 bits per heavy atom. The van der Waals surface area contributed by atoms with E-state index >= 15 is 0 Å². The van der Waals surface area contributed by atoms with Crippen LogP contribution in [0.2, 0.25) is 0 Å². The van der Waals surface area contributed by atoms with E-state index in [1.54, 1.807) is 0 Å². The van der Waals surface area contributed by atoms with Gasteiger partial charge in [-0.1, -0.05) is 0 Å². The highest BCUT2D eigenvalue weighted by atomic mass is 19.4. The summed E-state index contributed by atoms with van der Waals surface area (Å²) in [6.07, 6.45) is -3.34. The van der Waals surface area contributed by atoms with Gasteiger partial charge in [0.15, 0.2) is 0 Å². The van der Waals surface area contributed by atoms with Gasteiger partial charge in [-0.05, 0) is 6.42 Å². The number of nitrogens with zero attached hydrogens (tertiary/aromatic N) is 1. The number of aromatic amines is 1. The summed E-state index contributed by atoms with van der Waals surface area (Å²) in [7, 11) is 0. The third kappa shape index (κ3) is 1.97. The third-order valence-corrected chi connectivity index (χ3v) is 2.40. The van der Waals surface area contributed by atoms with Crippen LogP contribution in [0.15, 0.2) is 6.20 Å². The molecule has 0 saturated heterocycles. The maximum absolute atomic E-state index is 12.6. The van der Waals surface area contributed by atoms with Crippen LogP contribution in [0, 0.1) is 0 Å². The minimum atomic E-state index is -4.56. The number of hydrogen-bond donors (Lipinski definition) is 3. The quantitative estimate of drug-likeness (QED) is 0.691. The first-order valence-corrected chi connectivity index (χ1v) is 4.73. The fourth-order valence-electron chi connectivity index (χ4n) is 1.67. The highest BCUT2D eigenvalue weighted by molar-refractivity contribution is 6.15. The Morgan fingerprint density at radius 3 is 2.76 bits per heavy atom. The number of carbonyl (C=O) groups is 1. The normalized spacial score (nSPS) is 15.6. The molecule has 92 valence electrons. The number of nitrogens with one attached hydrogen (secondary N) is 2. The van der Waals surface area contributed by atoms with Crippen molar-refractivity contribution < 1.29 is 23.1 Å². The highest BCUT2D eigenvalue weighted by Gasteiger charge is 2.38. The second-order valence-electron chi connectivity index (χ2n) is 3.49. The van der Waals surface area contributed by atoms with Crippen molar-refractivity contribution in [2.24, 2.45) is 0 Å². The summed E-state index contributed by atoms with van der Waals surface area (Å²) >= 11 is 0. The number of halogens is 3. The lowest BCUT2D eigenvalue weighted by atomic mass is 10.1. The van der Waals surface area contributed by atoms with Crippen molar-refractivity contribution >= 4 is 11.5 Å². The number of H-pyrrole nitrogens is 1. The van der Waals surface area contributed by atoms with E-state index in [-0.39, 0.29) is 29.8 Å². The molecular weight excluding hydrogens is 239 g/mol. The molecule has 1 aromatic rings. The van der Waals surface area contributed by atoms with Gasteiger partial charge in [0.05, 0.1) is 0 Å². The molecule has 2 rings (SSSR count). The molecule has 0 radical (unpaired) electrons.